The topological polar surface area (TPSA) is 9.86 Å². The van der Waals surface area contributed by atoms with Crippen LogP contribution in [0, 0.1) is 0 Å². The number of hydrogen-bond acceptors (Lipinski definition) is 0. The van der Waals surface area contributed by atoms with Gasteiger partial charge in [-0.1, -0.05) is 194 Å². The molecular weight excluding hydrogens is 777 g/mol. The molecule has 0 saturated heterocycles. The molecule has 0 aliphatic carbocycles. The van der Waals surface area contributed by atoms with Crippen molar-refractivity contribution in [3.8, 4) is 44.8 Å². The SMILES string of the molecule is c1ccc(-c2ccc([Si]3(c4ccccc4)c4ccccc4-n4c5ccccc5c5cc(-n6c7ccc(-c8ccccc8)cc7c7cc(-c8ccccc8)ccc76)cc3c54)cc2)cc1. The van der Waals surface area contributed by atoms with E-state index in [0.717, 1.165) is 0 Å². The Balaban J connectivity index is 1.16. The first-order chi connectivity index (χ1) is 31.3. The van der Waals surface area contributed by atoms with Crippen LogP contribution in [0.3, 0.4) is 0 Å². The lowest BCUT2D eigenvalue weighted by Gasteiger charge is -2.40. The summed E-state index contributed by atoms with van der Waals surface area (Å²) in [5.41, 5.74) is 14.7. The van der Waals surface area contributed by atoms with Gasteiger partial charge in [0.2, 0.25) is 0 Å². The van der Waals surface area contributed by atoms with Crippen LogP contribution in [0.4, 0.5) is 0 Å². The van der Waals surface area contributed by atoms with Crippen LogP contribution in [0.5, 0.6) is 0 Å². The van der Waals surface area contributed by atoms with Gasteiger partial charge in [0.05, 0.1) is 22.1 Å². The molecule has 0 bridgehead atoms. The Kier molecular flexibility index (Phi) is 7.96. The van der Waals surface area contributed by atoms with E-state index in [0.29, 0.717) is 0 Å². The Morgan fingerprint density at radius 1 is 0.270 bits per heavy atom. The van der Waals surface area contributed by atoms with E-state index in [4.69, 9.17) is 0 Å². The van der Waals surface area contributed by atoms with Crippen molar-refractivity contribution in [2.75, 3.05) is 0 Å². The van der Waals surface area contributed by atoms with Crippen molar-refractivity contribution >= 4 is 72.4 Å². The molecular formula is C60H40N2Si. The van der Waals surface area contributed by atoms with E-state index in [1.54, 1.807) is 0 Å². The molecule has 0 fully saturated rings. The predicted molar refractivity (Wildman–Crippen MR) is 269 cm³/mol. The van der Waals surface area contributed by atoms with E-state index in [-0.39, 0.29) is 0 Å². The van der Waals surface area contributed by atoms with Crippen LogP contribution in [0.2, 0.25) is 0 Å². The van der Waals surface area contributed by atoms with Gasteiger partial charge >= 0.3 is 0 Å². The molecule has 1 aliphatic heterocycles. The summed E-state index contributed by atoms with van der Waals surface area (Å²) in [5.74, 6) is 0. The maximum absolute atomic E-state index is 3.01. The van der Waals surface area contributed by atoms with Gasteiger partial charge in [-0.2, -0.15) is 0 Å². The fraction of sp³-hybridized carbons (Fsp3) is 0. The number of fused-ring (bicyclic) bond motifs is 8. The number of hydrogen-bond donors (Lipinski definition) is 0. The second-order valence-corrected chi connectivity index (χ2v) is 20.6. The standard InChI is InChI=1S/C60H40N2Si/c1-5-17-41(18-6-1)44-29-33-49(34-30-44)63(48-23-11-4-12-24-48)58-28-16-15-27-57(58)62-54-26-14-13-25-50(54)53-39-47(40-59(63)60(53)62)61-55-35-31-45(42-19-7-2-8-20-42)37-51(55)52-38-46(32-36-56(52)61)43-21-9-3-10-22-43/h1-40H. The Labute approximate surface area is 367 Å². The van der Waals surface area contributed by atoms with E-state index in [1.165, 1.54) is 109 Å². The van der Waals surface area contributed by atoms with Gasteiger partial charge in [0.1, 0.15) is 0 Å². The van der Waals surface area contributed by atoms with Crippen LogP contribution in [-0.4, -0.2) is 17.2 Å². The van der Waals surface area contributed by atoms with E-state index < -0.39 is 8.07 Å². The molecule has 13 rings (SSSR count). The minimum atomic E-state index is -3.01. The zero-order valence-electron chi connectivity index (χ0n) is 34.5. The highest BCUT2D eigenvalue weighted by Crippen LogP contribution is 2.41. The highest BCUT2D eigenvalue weighted by Gasteiger charge is 2.48. The number of benzene rings is 10. The molecule has 0 spiro atoms. The summed E-state index contributed by atoms with van der Waals surface area (Å²) in [6, 6.07) is 90.7. The van der Waals surface area contributed by atoms with Crippen LogP contribution >= 0.6 is 0 Å². The molecule has 1 aliphatic rings. The molecule has 0 amide bonds. The third-order valence-corrected chi connectivity index (χ3v) is 18.4. The minimum Gasteiger partial charge on any atom is -0.309 e. The summed E-state index contributed by atoms with van der Waals surface area (Å²) in [7, 11) is -3.01. The smallest absolute Gasteiger partial charge is 0.184 e. The molecule has 63 heavy (non-hydrogen) atoms. The van der Waals surface area contributed by atoms with Crippen molar-refractivity contribution in [1.82, 2.24) is 9.13 Å². The van der Waals surface area contributed by atoms with Crippen LogP contribution in [0.15, 0.2) is 243 Å². The van der Waals surface area contributed by atoms with E-state index in [1.807, 2.05) is 0 Å². The van der Waals surface area contributed by atoms with Crippen molar-refractivity contribution in [3.05, 3.63) is 243 Å². The summed E-state index contributed by atoms with van der Waals surface area (Å²) in [6.07, 6.45) is 0. The highest BCUT2D eigenvalue weighted by atomic mass is 28.3. The molecule has 12 aromatic rings. The van der Waals surface area contributed by atoms with Crippen LogP contribution < -0.4 is 20.7 Å². The molecule has 1 unspecified atom stereocenters. The fourth-order valence-corrected chi connectivity index (χ4v) is 15.9. The van der Waals surface area contributed by atoms with Gasteiger partial charge in [0, 0.05) is 32.9 Å². The molecule has 2 aromatic heterocycles. The molecule has 0 radical (unpaired) electrons. The zero-order chi connectivity index (χ0) is 41.5. The summed E-state index contributed by atoms with van der Waals surface area (Å²) in [4.78, 5) is 0. The second kappa shape index (κ2) is 14.0. The minimum absolute atomic E-state index is 1.17. The van der Waals surface area contributed by atoms with Crippen LogP contribution in [-0.2, 0) is 0 Å². The van der Waals surface area contributed by atoms with Crippen molar-refractivity contribution in [2.24, 2.45) is 0 Å². The maximum atomic E-state index is 2.58. The number of para-hydroxylation sites is 2. The van der Waals surface area contributed by atoms with Gasteiger partial charge < -0.3 is 9.13 Å². The molecule has 0 saturated carbocycles. The maximum Gasteiger partial charge on any atom is 0.184 e. The van der Waals surface area contributed by atoms with Gasteiger partial charge in [-0.25, -0.2) is 0 Å². The van der Waals surface area contributed by atoms with E-state index in [9.17, 15) is 0 Å². The van der Waals surface area contributed by atoms with Crippen molar-refractivity contribution in [1.29, 1.82) is 0 Å². The molecule has 294 valence electrons. The van der Waals surface area contributed by atoms with Gasteiger partial charge in [-0.3, -0.25) is 0 Å². The first-order valence-corrected chi connectivity index (χ1v) is 23.8. The Bertz CT molecular complexity index is 3600. The molecule has 1 atom stereocenters. The second-order valence-electron chi connectivity index (χ2n) is 16.8. The van der Waals surface area contributed by atoms with Gasteiger partial charge in [-0.05, 0) is 103 Å². The summed E-state index contributed by atoms with van der Waals surface area (Å²) in [5, 5.41) is 10.6. The number of aromatic nitrogens is 2. The van der Waals surface area contributed by atoms with E-state index in [2.05, 4.69) is 252 Å². The predicted octanol–water partition coefficient (Wildman–Crippen LogP) is 12.6. The number of nitrogens with zero attached hydrogens (tertiary/aromatic N) is 2. The monoisotopic (exact) mass is 816 g/mol. The average molecular weight is 817 g/mol. The molecule has 2 nitrogen and oxygen atoms in total. The summed E-state index contributed by atoms with van der Waals surface area (Å²) >= 11 is 0. The van der Waals surface area contributed by atoms with Crippen molar-refractivity contribution in [2.45, 2.75) is 0 Å². The third-order valence-electron chi connectivity index (χ3n) is 13.6. The zero-order valence-corrected chi connectivity index (χ0v) is 35.5. The van der Waals surface area contributed by atoms with Crippen LogP contribution in [0.25, 0.3) is 88.4 Å². The Morgan fingerprint density at radius 2 is 0.730 bits per heavy atom. The van der Waals surface area contributed by atoms with Gasteiger partial charge in [0.25, 0.3) is 0 Å². The molecule has 3 heterocycles. The van der Waals surface area contributed by atoms with Crippen molar-refractivity contribution in [3.63, 3.8) is 0 Å². The first-order valence-electron chi connectivity index (χ1n) is 21.8. The Hall–Kier alpha value is -7.98. The fourth-order valence-electron chi connectivity index (χ4n) is 10.8. The van der Waals surface area contributed by atoms with Crippen molar-refractivity contribution < 1.29 is 0 Å². The third kappa shape index (κ3) is 5.30. The first kappa shape index (κ1) is 35.7. The lowest BCUT2D eigenvalue weighted by molar-refractivity contribution is 1.17. The average Bonchev–Trinajstić information content (AvgIpc) is 3.88. The van der Waals surface area contributed by atoms with Crippen LogP contribution in [0.1, 0.15) is 0 Å². The molecule has 0 N–H and O–H groups in total. The number of rotatable bonds is 6. The largest absolute Gasteiger partial charge is 0.309 e. The van der Waals surface area contributed by atoms with Gasteiger partial charge in [-0.15, -0.1) is 0 Å². The van der Waals surface area contributed by atoms with Gasteiger partial charge in [0.15, 0.2) is 8.07 Å². The lowest BCUT2D eigenvalue weighted by Crippen LogP contribution is -2.76. The quantitative estimate of drug-likeness (QED) is 0.148. The lowest BCUT2D eigenvalue weighted by atomic mass is 10.0. The van der Waals surface area contributed by atoms with E-state index >= 15 is 0 Å². The summed E-state index contributed by atoms with van der Waals surface area (Å²) in [6.45, 7) is 0. The molecule has 10 aromatic carbocycles. The normalized spacial score (nSPS) is 14.4. The summed E-state index contributed by atoms with van der Waals surface area (Å²) < 4.78 is 5.11. The molecule has 3 heteroatoms. The Morgan fingerprint density at radius 3 is 1.35 bits per heavy atom. The highest BCUT2D eigenvalue weighted by molar-refractivity contribution is 7.21.